The molecule has 0 bridgehead atoms. The predicted octanol–water partition coefficient (Wildman–Crippen LogP) is 2.60. The van der Waals surface area contributed by atoms with Crippen LogP contribution in [-0.2, 0) is 15.8 Å². The number of halogens is 3. The van der Waals surface area contributed by atoms with Crippen LogP contribution in [-0.4, -0.2) is 43.1 Å². The quantitative estimate of drug-likeness (QED) is 0.804. The highest BCUT2D eigenvalue weighted by atomic mass is 19.4. The van der Waals surface area contributed by atoms with Gasteiger partial charge in [-0.15, -0.1) is 0 Å². The van der Waals surface area contributed by atoms with Gasteiger partial charge in [0.05, 0.1) is 25.0 Å². The van der Waals surface area contributed by atoms with Gasteiger partial charge in [-0.25, -0.2) is 0 Å². The molecule has 9 heteroatoms. The number of nitrogens with one attached hydrogen (secondary N) is 2. The molecular formula is C17H22F3N3O3. The van der Waals surface area contributed by atoms with E-state index in [1.165, 1.54) is 12.0 Å². The lowest BCUT2D eigenvalue weighted by atomic mass is 10.1. The van der Waals surface area contributed by atoms with Gasteiger partial charge in [0.2, 0.25) is 11.8 Å². The highest BCUT2D eigenvalue weighted by Crippen LogP contribution is 2.34. The lowest BCUT2D eigenvalue weighted by Crippen LogP contribution is -2.52. The first-order valence-corrected chi connectivity index (χ1v) is 8.30. The number of hydrogen-bond donors (Lipinski definition) is 2. The SMILES string of the molecule is CCCC1CC(=O)N(CC(=O)Nc2cc(C(F)(F)F)ccc2OC)CN1. The Bertz CT molecular complexity index is 664. The van der Waals surface area contributed by atoms with E-state index in [9.17, 15) is 22.8 Å². The molecule has 0 aromatic heterocycles. The number of carbonyl (C=O) groups excluding carboxylic acids is 2. The van der Waals surface area contributed by atoms with E-state index >= 15 is 0 Å². The summed E-state index contributed by atoms with van der Waals surface area (Å²) in [6.45, 7) is 2.01. The number of rotatable bonds is 6. The van der Waals surface area contributed by atoms with E-state index in [4.69, 9.17) is 4.74 Å². The Kier molecular flexibility index (Phi) is 6.47. The Morgan fingerprint density at radius 3 is 2.73 bits per heavy atom. The average molecular weight is 373 g/mol. The predicted molar refractivity (Wildman–Crippen MR) is 89.7 cm³/mol. The van der Waals surface area contributed by atoms with Crippen LogP contribution in [0.3, 0.4) is 0 Å². The molecule has 1 unspecified atom stereocenters. The molecule has 2 amide bonds. The van der Waals surface area contributed by atoms with Crippen molar-refractivity contribution in [1.29, 1.82) is 0 Å². The molecule has 0 saturated carbocycles. The summed E-state index contributed by atoms with van der Waals surface area (Å²) in [5.41, 5.74) is -0.986. The van der Waals surface area contributed by atoms with E-state index in [1.54, 1.807) is 0 Å². The second-order valence-corrected chi connectivity index (χ2v) is 6.10. The second-order valence-electron chi connectivity index (χ2n) is 6.10. The molecule has 1 heterocycles. The molecule has 1 aromatic carbocycles. The second kappa shape index (κ2) is 8.39. The van der Waals surface area contributed by atoms with Crippen LogP contribution >= 0.6 is 0 Å². The monoisotopic (exact) mass is 373 g/mol. The van der Waals surface area contributed by atoms with Crippen molar-refractivity contribution in [1.82, 2.24) is 10.2 Å². The van der Waals surface area contributed by atoms with Gasteiger partial charge in [-0.3, -0.25) is 14.9 Å². The molecule has 1 aromatic rings. The Labute approximate surface area is 149 Å². The first-order valence-electron chi connectivity index (χ1n) is 8.30. The maximum absolute atomic E-state index is 12.8. The lowest BCUT2D eigenvalue weighted by molar-refractivity contribution is -0.138. The Hall–Kier alpha value is -2.29. The average Bonchev–Trinajstić information content (AvgIpc) is 2.56. The first-order chi connectivity index (χ1) is 12.2. The van der Waals surface area contributed by atoms with Crippen molar-refractivity contribution in [2.24, 2.45) is 0 Å². The molecule has 0 radical (unpaired) electrons. The number of hydrogen-bond acceptors (Lipinski definition) is 4. The zero-order chi connectivity index (χ0) is 19.3. The number of anilines is 1. The minimum Gasteiger partial charge on any atom is -0.495 e. The smallest absolute Gasteiger partial charge is 0.416 e. The molecule has 0 aliphatic carbocycles. The summed E-state index contributed by atoms with van der Waals surface area (Å²) in [7, 11) is 1.30. The van der Waals surface area contributed by atoms with Gasteiger partial charge in [0.25, 0.3) is 0 Å². The highest BCUT2D eigenvalue weighted by Gasteiger charge is 2.32. The number of nitrogens with zero attached hydrogens (tertiary/aromatic N) is 1. The number of ether oxygens (including phenoxy) is 1. The minimum absolute atomic E-state index is 0.0893. The molecule has 144 valence electrons. The third-order valence-corrected chi connectivity index (χ3v) is 4.12. The van der Waals surface area contributed by atoms with E-state index in [0.29, 0.717) is 6.42 Å². The van der Waals surface area contributed by atoms with E-state index in [2.05, 4.69) is 10.6 Å². The van der Waals surface area contributed by atoms with Crippen LogP contribution in [0.2, 0.25) is 0 Å². The summed E-state index contributed by atoms with van der Waals surface area (Å²) in [4.78, 5) is 25.6. The first kappa shape index (κ1) is 20.0. The Morgan fingerprint density at radius 2 is 2.15 bits per heavy atom. The van der Waals surface area contributed by atoms with Crippen LogP contribution in [0.15, 0.2) is 18.2 Å². The minimum atomic E-state index is -4.53. The third-order valence-electron chi connectivity index (χ3n) is 4.12. The Morgan fingerprint density at radius 1 is 1.42 bits per heavy atom. The highest BCUT2D eigenvalue weighted by molar-refractivity contribution is 5.96. The van der Waals surface area contributed by atoms with Gasteiger partial charge in [-0.05, 0) is 24.6 Å². The summed E-state index contributed by atoms with van der Waals surface area (Å²) in [5.74, 6) is -0.641. The molecule has 2 rings (SSSR count). The van der Waals surface area contributed by atoms with Crippen molar-refractivity contribution in [3.63, 3.8) is 0 Å². The molecule has 0 spiro atoms. The molecule has 2 N–H and O–H groups in total. The normalized spacial score (nSPS) is 18.0. The molecule has 1 aliphatic heterocycles. The van der Waals surface area contributed by atoms with Crippen molar-refractivity contribution >= 4 is 17.5 Å². The van der Waals surface area contributed by atoms with E-state index in [0.717, 1.165) is 31.0 Å². The molecule has 1 aliphatic rings. The molecule has 26 heavy (non-hydrogen) atoms. The molecular weight excluding hydrogens is 351 g/mol. The fourth-order valence-corrected chi connectivity index (χ4v) is 2.78. The Balaban J connectivity index is 2.02. The molecule has 1 atom stereocenters. The number of amides is 2. The number of carbonyl (C=O) groups is 2. The van der Waals surface area contributed by atoms with E-state index in [-0.39, 0.29) is 36.6 Å². The number of benzene rings is 1. The third kappa shape index (κ3) is 5.10. The van der Waals surface area contributed by atoms with Gasteiger partial charge in [0.15, 0.2) is 0 Å². The van der Waals surface area contributed by atoms with Gasteiger partial charge in [-0.2, -0.15) is 13.2 Å². The lowest BCUT2D eigenvalue weighted by Gasteiger charge is -2.32. The summed E-state index contributed by atoms with van der Waals surface area (Å²) in [5, 5.41) is 5.57. The largest absolute Gasteiger partial charge is 0.495 e. The van der Waals surface area contributed by atoms with Gasteiger partial charge in [0.1, 0.15) is 12.3 Å². The van der Waals surface area contributed by atoms with Gasteiger partial charge in [-0.1, -0.05) is 13.3 Å². The topological polar surface area (TPSA) is 70.7 Å². The van der Waals surface area contributed by atoms with Crippen LogP contribution < -0.4 is 15.4 Å². The van der Waals surface area contributed by atoms with Crippen LogP contribution in [0.25, 0.3) is 0 Å². The maximum Gasteiger partial charge on any atom is 0.416 e. The molecule has 6 nitrogen and oxygen atoms in total. The summed E-state index contributed by atoms with van der Waals surface area (Å²) < 4.78 is 43.5. The van der Waals surface area contributed by atoms with Crippen molar-refractivity contribution in [3.8, 4) is 5.75 Å². The van der Waals surface area contributed by atoms with Gasteiger partial charge in [0, 0.05) is 12.5 Å². The molecule has 1 fully saturated rings. The standard InChI is InChI=1S/C17H22F3N3O3/c1-3-4-12-8-16(25)23(10-21-12)9-15(24)22-13-7-11(17(18,19)20)5-6-14(13)26-2/h5-7,12,21H,3-4,8-10H2,1-2H3,(H,22,24). The summed E-state index contributed by atoms with van der Waals surface area (Å²) in [6.07, 6.45) is -2.42. The van der Waals surface area contributed by atoms with E-state index in [1.807, 2.05) is 6.92 Å². The maximum atomic E-state index is 12.8. The van der Waals surface area contributed by atoms with E-state index < -0.39 is 17.6 Å². The van der Waals surface area contributed by atoms with Crippen molar-refractivity contribution in [2.75, 3.05) is 25.6 Å². The number of alkyl halides is 3. The van der Waals surface area contributed by atoms with Crippen molar-refractivity contribution in [2.45, 2.75) is 38.4 Å². The van der Waals surface area contributed by atoms with Crippen molar-refractivity contribution < 1.29 is 27.5 Å². The van der Waals surface area contributed by atoms with Crippen molar-refractivity contribution in [3.05, 3.63) is 23.8 Å². The summed E-state index contributed by atoms with van der Waals surface area (Å²) >= 11 is 0. The van der Waals surface area contributed by atoms with Crippen LogP contribution in [0.5, 0.6) is 5.75 Å². The fourth-order valence-electron chi connectivity index (χ4n) is 2.78. The van der Waals surface area contributed by atoms with Crippen LogP contribution in [0.1, 0.15) is 31.7 Å². The number of methoxy groups -OCH3 is 1. The summed E-state index contributed by atoms with van der Waals surface area (Å²) in [6, 6.07) is 2.92. The van der Waals surface area contributed by atoms with Crippen LogP contribution in [0, 0.1) is 0 Å². The molecule has 1 saturated heterocycles. The zero-order valence-corrected chi connectivity index (χ0v) is 14.7. The zero-order valence-electron chi connectivity index (χ0n) is 14.7. The van der Waals surface area contributed by atoms with Gasteiger partial charge < -0.3 is 15.0 Å². The fraction of sp³-hybridized carbons (Fsp3) is 0.529. The van der Waals surface area contributed by atoms with Crippen LogP contribution in [0.4, 0.5) is 18.9 Å². The van der Waals surface area contributed by atoms with Gasteiger partial charge >= 0.3 is 6.18 Å².